The molecule has 1 amide bonds. The zero-order valence-corrected chi connectivity index (χ0v) is 19.3. The molecule has 174 valence electrons. The molecule has 1 atom stereocenters. The minimum Gasteiger partial charge on any atom is -0.497 e. The van der Waals surface area contributed by atoms with Crippen molar-refractivity contribution in [1.29, 1.82) is 0 Å². The minimum atomic E-state index is -3.59. The lowest BCUT2D eigenvalue weighted by molar-refractivity contribution is 0.102. The zero-order chi connectivity index (χ0) is 23.4. The number of aromatic nitrogens is 2. The number of methoxy groups -OCH3 is 1. The molecule has 4 rings (SSSR count). The van der Waals surface area contributed by atoms with Gasteiger partial charge in [-0.25, -0.2) is 8.42 Å². The largest absolute Gasteiger partial charge is 0.497 e. The lowest BCUT2D eigenvalue weighted by atomic mass is 10.1. The van der Waals surface area contributed by atoms with Gasteiger partial charge in [0, 0.05) is 18.2 Å². The van der Waals surface area contributed by atoms with Crippen molar-refractivity contribution in [3.8, 4) is 5.75 Å². The summed E-state index contributed by atoms with van der Waals surface area (Å²) in [4.78, 5) is 12.7. The molecule has 0 aliphatic carbocycles. The number of rotatable bonds is 7. The highest BCUT2D eigenvalue weighted by molar-refractivity contribution is 7.89. The van der Waals surface area contributed by atoms with Crippen LogP contribution in [0.15, 0.2) is 57.8 Å². The van der Waals surface area contributed by atoms with Gasteiger partial charge in [0.25, 0.3) is 5.91 Å². The smallest absolute Gasteiger partial charge is 0.322 e. The first kappa shape index (κ1) is 22.9. The third-order valence-electron chi connectivity index (χ3n) is 5.67. The Morgan fingerprint density at radius 2 is 1.85 bits per heavy atom. The van der Waals surface area contributed by atoms with Crippen LogP contribution in [0.2, 0.25) is 0 Å². The zero-order valence-electron chi connectivity index (χ0n) is 18.5. The second kappa shape index (κ2) is 9.72. The van der Waals surface area contributed by atoms with Crippen LogP contribution in [0, 0.1) is 0 Å². The Balaban J connectivity index is 1.40. The highest BCUT2D eigenvalue weighted by atomic mass is 32.2. The first-order chi connectivity index (χ1) is 15.9. The van der Waals surface area contributed by atoms with Crippen LogP contribution in [0.5, 0.6) is 5.75 Å². The van der Waals surface area contributed by atoms with Crippen LogP contribution in [0.25, 0.3) is 0 Å². The van der Waals surface area contributed by atoms with E-state index in [-0.39, 0.29) is 22.5 Å². The Bertz CT molecular complexity index is 1210. The summed E-state index contributed by atoms with van der Waals surface area (Å²) in [5, 5.41) is 10.4. The Labute approximate surface area is 192 Å². The maximum atomic E-state index is 12.9. The van der Waals surface area contributed by atoms with E-state index >= 15 is 0 Å². The molecule has 1 N–H and O–H groups in total. The predicted octanol–water partition coefficient (Wildman–Crippen LogP) is 3.48. The molecule has 0 saturated carbocycles. The molecule has 9 nitrogen and oxygen atoms in total. The van der Waals surface area contributed by atoms with Crippen LogP contribution in [-0.4, -0.2) is 48.5 Å². The highest BCUT2D eigenvalue weighted by Gasteiger charge is 2.31. The molecule has 1 fully saturated rings. The lowest BCUT2D eigenvalue weighted by Gasteiger charge is -2.32. The highest BCUT2D eigenvalue weighted by Crippen LogP contribution is 2.25. The lowest BCUT2D eigenvalue weighted by Crippen LogP contribution is -2.41. The standard InChI is InChI=1S/C23H26N4O5S/c1-16-5-3-4-14-27(16)33(29,30)20-12-8-18(9-13-20)22(28)24-23-26-25-21(32-23)15-17-6-10-19(31-2)11-7-17/h6-13,16H,3-5,14-15H2,1-2H3,(H,24,26,28). The molecule has 0 bridgehead atoms. The van der Waals surface area contributed by atoms with Crippen molar-refractivity contribution < 1.29 is 22.4 Å². The van der Waals surface area contributed by atoms with Crippen molar-refractivity contribution in [1.82, 2.24) is 14.5 Å². The molecule has 10 heteroatoms. The van der Waals surface area contributed by atoms with Gasteiger partial charge < -0.3 is 9.15 Å². The summed E-state index contributed by atoms with van der Waals surface area (Å²) in [6.45, 7) is 2.44. The summed E-state index contributed by atoms with van der Waals surface area (Å²) in [5.41, 5.74) is 1.24. The van der Waals surface area contributed by atoms with Gasteiger partial charge in [-0.05, 0) is 61.7 Å². The van der Waals surface area contributed by atoms with Crippen LogP contribution in [0.1, 0.15) is 48.0 Å². The molecule has 3 aromatic rings. The van der Waals surface area contributed by atoms with Gasteiger partial charge in [0.1, 0.15) is 5.75 Å². The number of benzene rings is 2. The van der Waals surface area contributed by atoms with Crippen LogP contribution in [-0.2, 0) is 16.4 Å². The van der Waals surface area contributed by atoms with E-state index in [1.54, 1.807) is 7.11 Å². The second-order valence-corrected chi connectivity index (χ2v) is 9.86. The number of carbonyl (C=O) groups excluding carboxylic acids is 1. The molecule has 1 aromatic heterocycles. The molecular weight excluding hydrogens is 444 g/mol. The molecule has 0 spiro atoms. The van der Waals surface area contributed by atoms with Gasteiger partial charge in [-0.1, -0.05) is 23.7 Å². The van der Waals surface area contributed by atoms with Crippen molar-refractivity contribution in [2.45, 2.75) is 43.5 Å². The number of anilines is 1. The van der Waals surface area contributed by atoms with Crippen LogP contribution < -0.4 is 10.1 Å². The first-order valence-corrected chi connectivity index (χ1v) is 12.2. The summed E-state index contributed by atoms with van der Waals surface area (Å²) in [6.07, 6.45) is 3.15. The Kier molecular flexibility index (Phi) is 6.75. The van der Waals surface area contributed by atoms with E-state index in [1.807, 2.05) is 31.2 Å². The van der Waals surface area contributed by atoms with Crippen molar-refractivity contribution in [2.24, 2.45) is 0 Å². The number of piperidine rings is 1. The van der Waals surface area contributed by atoms with E-state index in [9.17, 15) is 13.2 Å². The summed E-state index contributed by atoms with van der Waals surface area (Å²) in [6, 6.07) is 13.3. The predicted molar refractivity (Wildman–Crippen MR) is 122 cm³/mol. The molecule has 2 aromatic carbocycles. The number of nitrogens with one attached hydrogen (secondary N) is 1. The molecular formula is C23H26N4O5S. The molecule has 1 saturated heterocycles. The third kappa shape index (κ3) is 5.23. The van der Waals surface area contributed by atoms with Gasteiger partial charge in [0.2, 0.25) is 15.9 Å². The molecule has 1 aliphatic heterocycles. The number of carbonyl (C=O) groups is 1. The topological polar surface area (TPSA) is 115 Å². The minimum absolute atomic E-state index is 0.0256. The van der Waals surface area contributed by atoms with Gasteiger partial charge >= 0.3 is 6.01 Å². The number of nitrogens with zero attached hydrogens (tertiary/aromatic N) is 3. The second-order valence-electron chi connectivity index (χ2n) is 7.96. The van der Waals surface area contributed by atoms with Gasteiger partial charge in [0.05, 0.1) is 18.4 Å². The summed E-state index contributed by atoms with van der Waals surface area (Å²) >= 11 is 0. The number of ether oxygens (including phenoxy) is 1. The van der Waals surface area contributed by atoms with Crippen molar-refractivity contribution in [3.63, 3.8) is 0 Å². The van der Waals surface area contributed by atoms with Gasteiger partial charge in [-0.2, -0.15) is 4.31 Å². The molecule has 2 heterocycles. The van der Waals surface area contributed by atoms with E-state index in [0.717, 1.165) is 30.6 Å². The molecule has 0 radical (unpaired) electrons. The molecule has 1 aliphatic rings. The van der Waals surface area contributed by atoms with Crippen molar-refractivity contribution >= 4 is 21.9 Å². The van der Waals surface area contributed by atoms with Gasteiger partial charge in [0.15, 0.2) is 0 Å². The average molecular weight is 471 g/mol. The van der Waals surface area contributed by atoms with Gasteiger partial charge in [-0.3, -0.25) is 10.1 Å². The van der Waals surface area contributed by atoms with Crippen molar-refractivity contribution in [3.05, 3.63) is 65.5 Å². The summed E-state index contributed by atoms with van der Waals surface area (Å²) in [7, 11) is -1.99. The fraction of sp³-hybridized carbons (Fsp3) is 0.348. The Morgan fingerprint density at radius 3 is 2.52 bits per heavy atom. The Morgan fingerprint density at radius 1 is 1.12 bits per heavy atom. The summed E-state index contributed by atoms with van der Waals surface area (Å²) < 4.78 is 38.1. The maximum Gasteiger partial charge on any atom is 0.322 e. The van der Waals surface area contributed by atoms with Gasteiger partial charge in [-0.15, -0.1) is 5.10 Å². The van der Waals surface area contributed by atoms with E-state index < -0.39 is 15.9 Å². The number of hydrogen-bond acceptors (Lipinski definition) is 7. The number of amides is 1. The number of hydrogen-bond donors (Lipinski definition) is 1. The summed E-state index contributed by atoms with van der Waals surface area (Å²) in [5.74, 6) is 0.638. The molecule has 1 unspecified atom stereocenters. The third-order valence-corrected chi connectivity index (χ3v) is 7.69. The van der Waals surface area contributed by atoms with E-state index in [0.29, 0.717) is 18.9 Å². The number of sulfonamides is 1. The maximum absolute atomic E-state index is 12.9. The first-order valence-electron chi connectivity index (χ1n) is 10.8. The fourth-order valence-electron chi connectivity index (χ4n) is 3.81. The average Bonchev–Trinajstić information content (AvgIpc) is 3.26. The van der Waals surface area contributed by atoms with E-state index in [1.165, 1.54) is 28.6 Å². The normalized spacial score (nSPS) is 17.0. The van der Waals surface area contributed by atoms with E-state index in [4.69, 9.17) is 9.15 Å². The monoisotopic (exact) mass is 470 g/mol. The van der Waals surface area contributed by atoms with Crippen LogP contribution in [0.3, 0.4) is 0 Å². The van der Waals surface area contributed by atoms with Crippen LogP contribution in [0.4, 0.5) is 6.01 Å². The van der Waals surface area contributed by atoms with E-state index in [2.05, 4.69) is 15.5 Å². The van der Waals surface area contributed by atoms with Crippen LogP contribution >= 0.6 is 0 Å². The molecule has 33 heavy (non-hydrogen) atoms. The Hall–Kier alpha value is -3.24. The SMILES string of the molecule is COc1ccc(Cc2nnc(NC(=O)c3ccc(S(=O)(=O)N4CCCCC4C)cc3)o2)cc1. The van der Waals surface area contributed by atoms with Crippen molar-refractivity contribution in [2.75, 3.05) is 19.0 Å². The quantitative estimate of drug-likeness (QED) is 0.562. The fourth-order valence-corrected chi connectivity index (χ4v) is 5.50.